The first kappa shape index (κ1) is 12.4. The Bertz CT molecular complexity index is 471. The van der Waals surface area contributed by atoms with Crippen molar-refractivity contribution in [1.82, 2.24) is 4.90 Å². The largest absolute Gasteiger partial charge is 0.481 e. The predicted octanol–water partition coefficient (Wildman–Crippen LogP) is -0.589. The minimum absolute atomic E-state index is 0.0564. The lowest BCUT2D eigenvalue weighted by Gasteiger charge is -2.23. The molecule has 0 aromatic rings. The van der Waals surface area contributed by atoms with Gasteiger partial charge in [0.2, 0.25) is 5.91 Å². The molecule has 3 fully saturated rings. The average Bonchev–Trinajstić information content (AvgIpc) is 2.92. The first-order chi connectivity index (χ1) is 8.92. The lowest BCUT2D eigenvalue weighted by atomic mass is 9.81. The third kappa shape index (κ3) is 1.51. The van der Waals surface area contributed by atoms with Gasteiger partial charge in [-0.2, -0.15) is 0 Å². The Morgan fingerprint density at radius 2 is 1.84 bits per heavy atom. The zero-order valence-electron chi connectivity index (χ0n) is 10.3. The second kappa shape index (κ2) is 3.69. The summed E-state index contributed by atoms with van der Waals surface area (Å²) in [6.07, 6.45) is 0.692. The normalized spacial score (nSPS) is 34.9. The molecule has 0 radical (unpaired) electrons. The maximum atomic E-state index is 12.3. The van der Waals surface area contributed by atoms with E-state index in [2.05, 4.69) is 0 Å². The zero-order chi connectivity index (χ0) is 13.8. The highest BCUT2D eigenvalue weighted by atomic mass is 16.5. The fourth-order valence-electron chi connectivity index (χ4n) is 3.14. The van der Waals surface area contributed by atoms with Gasteiger partial charge in [-0.1, -0.05) is 0 Å². The Morgan fingerprint density at radius 1 is 1.16 bits per heavy atom. The molecule has 3 rings (SSSR count). The molecule has 0 aromatic heterocycles. The van der Waals surface area contributed by atoms with Crippen LogP contribution in [0.25, 0.3) is 0 Å². The summed E-state index contributed by atoms with van der Waals surface area (Å²) in [5.74, 6) is -2.74. The zero-order valence-corrected chi connectivity index (χ0v) is 10.3. The Labute approximate surface area is 109 Å². The van der Waals surface area contributed by atoms with Crippen molar-refractivity contribution in [1.29, 1.82) is 0 Å². The maximum Gasteiger partial charge on any atom is 0.319 e. The minimum Gasteiger partial charge on any atom is -0.481 e. The number of nitrogens with zero attached hydrogens (tertiary/aromatic N) is 1. The molecule has 2 saturated heterocycles. The Hall–Kier alpha value is -1.63. The van der Waals surface area contributed by atoms with E-state index < -0.39 is 28.7 Å². The van der Waals surface area contributed by atoms with E-state index in [9.17, 15) is 19.5 Å². The molecule has 104 valence electrons. The van der Waals surface area contributed by atoms with Crippen LogP contribution in [0, 0.1) is 16.7 Å². The molecule has 1 aliphatic carbocycles. The smallest absolute Gasteiger partial charge is 0.319 e. The molecule has 1 amide bonds. The quantitative estimate of drug-likeness (QED) is 0.664. The Kier molecular flexibility index (Phi) is 2.41. The van der Waals surface area contributed by atoms with E-state index in [1.165, 1.54) is 4.90 Å². The first-order valence-electron chi connectivity index (χ1n) is 6.26. The van der Waals surface area contributed by atoms with E-state index in [-0.39, 0.29) is 25.6 Å². The van der Waals surface area contributed by atoms with Crippen molar-refractivity contribution < 1.29 is 29.3 Å². The van der Waals surface area contributed by atoms with Gasteiger partial charge >= 0.3 is 11.9 Å². The highest BCUT2D eigenvalue weighted by Gasteiger charge is 2.63. The molecular formula is C12H15NO6. The van der Waals surface area contributed by atoms with Gasteiger partial charge in [0.05, 0.1) is 13.2 Å². The predicted molar refractivity (Wildman–Crippen MR) is 60.3 cm³/mol. The third-order valence-electron chi connectivity index (χ3n) is 4.66. The van der Waals surface area contributed by atoms with Crippen molar-refractivity contribution in [3.63, 3.8) is 0 Å². The first-order valence-corrected chi connectivity index (χ1v) is 6.26. The molecule has 1 saturated carbocycles. The van der Waals surface area contributed by atoms with Crippen LogP contribution in [-0.4, -0.2) is 59.3 Å². The molecule has 2 aliphatic heterocycles. The van der Waals surface area contributed by atoms with E-state index in [4.69, 9.17) is 9.84 Å². The van der Waals surface area contributed by atoms with Crippen molar-refractivity contribution in [2.45, 2.75) is 12.8 Å². The van der Waals surface area contributed by atoms with Crippen LogP contribution >= 0.6 is 0 Å². The summed E-state index contributed by atoms with van der Waals surface area (Å²) in [7, 11) is 0. The summed E-state index contributed by atoms with van der Waals surface area (Å²) in [5.41, 5.74) is -2.34. The highest BCUT2D eigenvalue weighted by molar-refractivity contribution is 6.05. The molecule has 0 spiro atoms. The van der Waals surface area contributed by atoms with E-state index in [0.717, 1.165) is 0 Å². The summed E-state index contributed by atoms with van der Waals surface area (Å²) in [4.78, 5) is 36.3. The van der Waals surface area contributed by atoms with E-state index >= 15 is 0 Å². The van der Waals surface area contributed by atoms with Crippen LogP contribution in [0.2, 0.25) is 0 Å². The van der Waals surface area contributed by atoms with Gasteiger partial charge < -0.3 is 19.8 Å². The van der Waals surface area contributed by atoms with E-state index in [0.29, 0.717) is 19.4 Å². The van der Waals surface area contributed by atoms with Crippen LogP contribution in [0.4, 0.5) is 0 Å². The van der Waals surface area contributed by atoms with Crippen LogP contribution in [-0.2, 0) is 19.1 Å². The Balaban J connectivity index is 1.81. The van der Waals surface area contributed by atoms with Gasteiger partial charge in [0.25, 0.3) is 0 Å². The van der Waals surface area contributed by atoms with Gasteiger partial charge in [-0.25, -0.2) is 0 Å². The molecular weight excluding hydrogens is 254 g/mol. The summed E-state index contributed by atoms with van der Waals surface area (Å²) in [6, 6.07) is 0. The molecule has 2 N–H and O–H groups in total. The van der Waals surface area contributed by atoms with Crippen LogP contribution in [0.15, 0.2) is 0 Å². The third-order valence-corrected chi connectivity index (χ3v) is 4.66. The molecule has 19 heavy (non-hydrogen) atoms. The molecule has 2 atom stereocenters. The van der Waals surface area contributed by atoms with Crippen molar-refractivity contribution in [3.8, 4) is 0 Å². The van der Waals surface area contributed by atoms with Gasteiger partial charge in [-0.05, 0) is 12.8 Å². The molecule has 0 aromatic carbocycles. The average molecular weight is 269 g/mol. The summed E-state index contributed by atoms with van der Waals surface area (Å²) < 4.78 is 5.22. The number of carbonyl (C=O) groups excluding carboxylic acids is 1. The number of likely N-dealkylation sites (tertiary alicyclic amines) is 1. The van der Waals surface area contributed by atoms with Crippen molar-refractivity contribution in [3.05, 3.63) is 0 Å². The number of amides is 1. The number of hydrogen-bond donors (Lipinski definition) is 2. The molecule has 0 bridgehead atoms. The van der Waals surface area contributed by atoms with Crippen LogP contribution in [0.1, 0.15) is 12.8 Å². The number of ether oxygens (including phenoxy) is 1. The minimum atomic E-state index is -1.29. The standard InChI is InChI=1S/C12H15NO6/c14-8(11(1-2-11)9(15)16)13-3-7-4-19-6-12(7,5-13)10(17)18/h7H,1-6H2,(H,15,16)(H,17,18)/t7-,12-/m1/s1. The number of fused-ring (bicyclic) bond motifs is 1. The Morgan fingerprint density at radius 3 is 2.32 bits per heavy atom. The molecule has 3 aliphatic rings. The van der Waals surface area contributed by atoms with Crippen molar-refractivity contribution in [2.24, 2.45) is 16.7 Å². The number of carboxylic acids is 2. The van der Waals surface area contributed by atoms with E-state index in [1.807, 2.05) is 0 Å². The highest BCUT2D eigenvalue weighted by Crippen LogP contribution is 2.50. The van der Waals surface area contributed by atoms with E-state index in [1.54, 1.807) is 0 Å². The molecule has 7 heteroatoms. The van der Waals surface area contributed by atoms with Crippen molar-refractivity contribution >= 4 is 17.8 Å². The van der Waals surface area contributed by atoms with Gasteiger partial charge in [-0.15, -0.1) is 0 Å². The summed E-state index contributed by atoms with van der Waals surface area (Å²) >= 11 is 0. The van der Waals surface area contributed by atoms with Crippen LogP contribution in [0.3, 0.4) is 0 Å². The number of carbonyl (C=O) groups is 3. The lowest BCUT2D eigenvalue weighted by Crippen LogP contribution is -2.43. The molecule has 0 unspecified atom stereocenters. The van der Waals surface area contributed by atoms with Crippen LogP contribution in [0.5, 0.6) is 0 Å². The fraction of sp³-hybridized carbons (Fsp3) is 0.750. The SMILES string of the molecule is O=C(O)C1(C(=O)N2C[C@@H]3COC[C@]3(C(=O)O)C2)CC1. The maximum absolute atomic E-state index is 12.3. The van der Waals surface area contributed by atoms with Gasteiger partial charge in [0.1, 0.15) is 10.8 Å². The molecule has 7 nitrogen and oxygen atoms in total. The van der Waals surface area contributed by atoms with Crippen LogP contribution < -0.4 is 0 Å². The fourth-order valence-corrected chi connectivity index (χ4v) is 3.14. The monoisotopic (exact) mass is 269 g/mol. The number of hydrogen-bond acceptors (Lipinski definition) is 4. The number of rotatable bonds is 3. The van der Waals surface area contributed by atoms with Gasteiger partial charge in [0, 0.05) is 19.0 Å². The second-order valence-corrected chi connectivity index (χ2v) is 5.75. The molecule has 2 heterocycles. The van der Waals surface area contributed by atoms with Crippen molar-refractivity contribution in [2.75, 3.05) is 26.3 Å². The summed E-state index contributed by atoms with van der Waals surface area (Å²) in [6.45, 7) is 0.744. The lowest BCUT2D eigenvalue weighted by molar-refractivity contribution is -0.153. The number of carboxylic acid groups (broad SMARTS) is 2. The second-order valence-electron chi connectivity index (χ2n) is 5.75. The number of aliphatic carboxylic acids is 2. The van der Waals surface area contributed by atoms with Gasteiger partial charge in [-0.3, -0.25) is 14.4 Å². The summed E-state index contributed by atoms with van der Waals surface area (Å²) in [5, 5.41) is 18.5. The topological polar surface area (TPSA) is 104 Å². The van der Waals surface area contributed by atoms with Gasteiger partial charge in [0.15, 0.2) is 0 Å².